The van der Waals surface area contributed by atoms with E-state index in [9.17, 15) is 9.90 Å². The Bertz CT molecular complexity index is 1000. The van der Waals surface area contributed by atoms with E-state index in [1.54, 1.807) is 37.1 Å². The number of hydrogen-bond acceptors (Lipinski definition) is 5. The highest BCUT2D eigenvalue weighted by atomic mass is 16.5. The molecule has 0 atom stereocenters. The number of aromatic nitrogens is 2. The molecule has 0 saturated carbocycles. The maximum atomic E-state index is 11.3. The fourth-order valence-corrected chi connectivity index (χ4v) is 3.31. The molecular weight excluding hydrogens is 346 g/mol. The maximum Gasteiger partial charge on any atom is 0.335 e. The minimum atomic E-state index is -0.966. The molecule has 0 saturated heterocycles. The van der Waals surface area contributed by atoms with E-state index in [0.717, 1.165) is 35.6 Å². The summed E-state index contributed by atoms with van der Waals surface area (Å²) in [5.74, 6) is 1.29. The number of fused-ring (bicyclic) bond motifs is 1. The largest absolute Gasteiger partial charge is 0.497 e. The second-order valence-corrected chi connectivity index (χ2v) is 6.22. The Kier molecular flexibility index (Phi) is 4.19. The normalized spacial score (nSPS) is 12.4. The van der Waals surface area contributed by atoms with E-state index >= 15 is 0 Å². The molecule has 3 aromatic rings. The van der Waals surface area contributed by atoms with Crippen LogP contribution in [0.15, 0.2) is 42.5 Å². The summed E-state index contributed by atoms with van der Waals surface area (Å²) in [6, 6.07) is 12.4. The Morgan fingerprint density at radius 1 is 1.15 bits per heavy atom. The lowest BCUT2D eigenvalue weighted by molar-refractivity contribution is 0.0697. The van der Waals surface area contributed by atoms with Gasteiger partial charge in [0.05, 0.1) is 31.2 Å². The maximum absolute atomic E-state index is 11.3. The third kappa shape index (κ3) is 2.97. The summed E-state index contributed by atoms with van der Waals surface area (Å²) in [6.45, 7) is 0.805. The molecule has 2 N–H and O–H groups in total. The number of hydrogen-bond donors (Lipinski definition) is 2. The van der Waals surface area contributed by atoms with Gasteiger partial charge in [0, 0.05) is 23.7 Å². The summed E-state index contributed by atoms with van der Waals surface area (Å²) < 4.78 is 12.5. The zero-order chi connectivity index (χ0) is 19.0. The summed E-state index contributed by atoms with van der Waals surface area (Å²) in [7, 11) is 3.22. The molecule has 0 bridgehead atoms. The molecule has 0 spiro atoms. The lowest BCUT2D eigenvalue weighted by Gasteiger charge is -2.08. The lowest BCUT2D eigenvalue weighted by Crippen LogP contribution is -2.05. The second kappa shape index (κ2) is 6.68. The lowest BCUT2D eigenvalue weighted by atomic mass is 10.1. The fraction of sp³-hybridized carbons (Fsp3) is 0.200. The molecule has 1 aliphatic rings. The number of nitrogens with one attached hydrogen (secondary N) is 1. The molecule has 0 unspecified atom stereocenters. The monoisotopic (exact) mass is 365 g/mol. The van der Waals surface area contributed by atoms with Gasteiger partial charge >= 0.3 is 5.97 Å². The third-order valence-electron chi connectivity index (χ3n) is 4.61. The molecular formula is C20H19N3O4. The van der Waals surface area contributed by atoms with Gasteiger partial charge in [-0.15, -0.1) is 0 Å². The van der Waals surface area contributed by atoms with E-state index in [4.69, 9.17) is 14.6 Å². The predicted molar refractivity (Wildman–Crippen MR) is 101 cm³/mol. The van der Waals surface area contributed by atoms with Gasteiger partial charge in [0.15, 0.2) is 0 Å². The topological polar surface area (TPSA) is 85.6 Å². The van der Waals surface area contributed by atoms with Gasteiger partial charge in [0.1, 0.15) is 17.3 Å². The van der Waals surface area contributed by atoms with Crippen LogP contribution in [0.2, 0.25) is 0 Å². The van der Waals surface area contributed by atoms with Crippen molar-refractivity contribution in [2.24, 2.45) is 0 Å². The number of rotatable bonds is 5. The quantitative estimate of drug-likeness (QED) is 0.722. The number of nitrogens with zero attached hydrogens (tertiary/aromatic N) is 2. The van der Waals surface area contributed by atoms with Crippen LogP contribution >= 0.6 is 0 Å². The molecule has 2 aromatic carbocycles. The Morgan fingerprint density at radius 2 is 1.89 bits per heavy atom. The van der Waals surface area contributed by atoms with Crippen LogP contribution in [0.3, 0.4) is 0 Å². The number of carbonyl (C=O) groups is 1. The summed E-state index contributed by atoms with van der Waals surface area (Å²) in [5, 5.41) is 17.4. The summed E-state index contributed by atoms with van der Waals surface area (Å²) in [4.78, 5) is 11.3. The minimum Gasteiger partial charge on any atom is -0.497 e. The van der Waals surface area contributed by atoms with Crippen LogP contribution < -0.4 is 14.8 Å². The van der Waals surface area contributed by atoms with Gasteiger partial charge in [0.2, 0.25) is 0 Å². The van der Waals surface area contributed by atoms with E-state index in [1.807, 2.05) is 24.3 Å². The summed E-state index contributed by atoms with van der Waals surface area (Å²) >= 11 is 0. The van der Waals surface area contributed by atoms with Crippen molar-refractivity contribution in [1.82, 2.24) is 9.78 Å². The van der Waals surface area contributed by atoms with Crippen molar-refractivity contribution in [2.45, 2.75) is 6.42 Å². The standard InChI is InChI=1S/C20H19N3O4/c1-26-15-9-13(10-16(11-15)27-2)18-17-6-7-21-19(17)23(22-18)14-5-3-4-12(8-14)20(24)25/h3-5,8-11,21H,6-7H2,1-2H3,(H,24,25). The van der Waals surface area contributed by atoms with Crippen molar-refractivity contribution in [2.75, 3.05) is 26.1 Å². The Balaban J connectivity index is 1.87. The number of carboxylic acids is 1. The van der Waals surface area contributed by atoms with Gasteiger partial charge in [-0.05, 0) is 36.8 Å². The van der Waals surface area contributed by atoms with Crippen LogP contribution in [0.25, 0.3) is 16.9 Å². The van der Waals surface area contributed by atoms with Crippen molar-refractivity contribution in [1.29, 1.82) is 0 Å². The molecule has 4 rings (SSSR count). The van der Waals surface area contributed by atoms with E-state index < -0.39 is 5.97 Å². The van der Waals surface area contributed by atoms with Crippen LogP contribution in [0.5, 0.6) is 11.5 Å². The molecule has 27 heavy (non-hydrogen) atoms. The summed E-state index contributed by atoms with van der Waals surface area (Å²) in [5.41, 5.74) is 3.72. The van der Waals surface area contributed by atoms with E-state index in [1.165, 1.54) is 0 Å². The number of anilines is 1. The average molecular weight is 365 g/mol. The molecule has 0 fully saturated rings. The van der Waals surface area contributed by atoms with Crippen molar-refractivity contribution in [3.05, 3.63) is 53.6 Å². The van der Waals surface area contributed by atoms with Crippen molar-refractivity contribution >= 4 is 11.8 Å². The zero-order valence-corrected chi connectivity index (χ0v) is 15.0. The van der Waals surface area contributed by atoms with Crippen molar-refractivity contribution < 1.29 is 19.4 Å². The van der Waals surface area contributed by atoms with E-state index in [-0.39, 0.29) is 5.56 Å². The van der Waals surface area contributed by atoms with Crippen LogP contribution in [-0.2, 0) is 6.42 Å². The molecule has 0 radical (unpaired) electrons. The van der Waals surface area contributed by atoms with E-state index in [2.05, 4.69) is 5.32 Å². The van der Waals surface area contributed by atoms with Gasteiger partial charge in [-0.2, -0.15) is 5.10 Å². The van der Waals surface area contributed by atoms with Crippen LogP contribution in [-0.4, -0.2) is 41.6 Å². The molecule has 2 heterocycles. The van der Waals surface area contributed by atoms with Crippen molar-refractivity contribution in [3.63, 3.8) is 0 Å². The highest BCUT2D eigenvalue weighted by Crippen LogP contribution is 2.37. The first-order valence-electron chi connectivity index (χ1n) is 8.53. The van der Waals surface area contributed by atoms with Gasteiger partial charge in [0.25, 0.3) is 0 Å². The first-order chi connectivity index (χ1) is 13.1. The molecule has 1 aliphatic heterocycles. The third-order valence-corrected chi connectivity index (χ3v) is 4.61. The molecule has 7 heteroatoms. The zero-order valence-electron chi connectivity index (χ0n) is 15.0. The number of carboxylic acid groups (broad SMARTS) is 1. The van der Waals surface area contributed by atoms with Gasteiger partial charge in [-0.1, -0.05) is 6.07 Å². The van der Waals surface area contributed by atoms with Crippen LogP contribution in [0.4, 0.5) is 5.82 Å². The number of benzene rings is 2. The van der Waals surface area contributed by atoms with Crippen LogP contribution in [0, 0.1) is 0 Å². The number of aromatic carboxylic acids is 1. The number of ether oxygens (including phenoxy) is 2. The Hall–Kier alpha value is -3.48. The van der Waals surface area contributed by atoms with Crippen molar-refractivity contribution in [3.8, 4) is 28.4 Å². The predicted octanol–water partition coefficient (Wildman–Crippen LogP) is 3.22. The minimum absolute atomic E-state index is 0.222. The first-order valence-corrected chi connectivity index (χ1v) is 8.53. The fourth-order valence-electron chi connectivity index (χ4n) is 3.31. The second-order valence-electron chi connectivity index (χ2n) is 6.22. The molecule has 7 nitrogen and oxygen atoms in total. The summed E-state index contributed by atoms with van der Waals surface area (Å²) in [6.07, 6.45) is 0.836. The average Bonchev–Trinajstić information content (AvgIpc) is 3.30. The van der Waals surface area contributed by atoms with Gasteiger partial charge < -0.3 is 19.9 Å². The molecule has 0 aliphatic carbocycles. The number of methoxy groups -OCH3 is 2. The molecule has 0 amide bonds. The molecule has 1 aromatic heterocycles. The Morgan fingerprint density at radius 3 is 2.56 bits per heavy atom. The van der Waals surface area contributed by atoms with Crippen LogP contribution in [0.1, 0.15) is 15.9 Å². The van der Waals surface area contributed by atoms with E-state index in [0.29, 0.717) is 17.2 Å². The molecule has 138 valence electrons. The van der Waals surface area contributed by atoms with Gasteiger partial charge in [-0.25, -0.2) is 9.48 Å². The Labute approximate surface area is 156 Å². The highest BCUT2D eigenvalue weighted by Gasteiger charge is 2.25. The highest BCUT2D eigenvalue weighted by molar-refractivity contribution is 5.88. The smallest absolute Gasteiger partial charge is 0.335 e. The van der Waals surface area contributed by atoms with Gasteiger partial charge in [-0.3, -0.25) is 0 Å². The SMILES string of the molecule is COc1cc(OC)cc(-c2nn(-c3cccc(C(=O)O)c3)c3c2CCN3)c1. The first kappa shape index (κ1) is 17.0.